The predicted molar refractivity (Wildman–Crippen MR) is 53.0 cm³/mol. The highest BCUT2D eigenvalue weighted by Crippen LogP contribution is 1.80. The first kappa shape index (κ1) is 15.1. The van der Waals surface area contributed by atoms with E-state index >= 15 is 0 Å². The van der Waals surface area contributed by atoms with E-state index in [4.69, 9.17) is 0 Å². The number of hydrogen-bond donors (Lipinski definition) is 6. The van der Waals surface area contributed by atoms with E-state index in [-0.39, 0.29) is 0 Å². The molecule has 0 radical (unpaired) electrons. The van der Waals surface area contributed by atoms with Gasteiger partial charge in [0.15, 0.2) is 0 Å². The number of nitrogens with two attached hydrogens (primary N) is 2. The van der Waals surface area contributed by atoms with Crippen molar-refractivity contribution in [1.82, 2.24) is 22.0 Å². The summed E-state index contributed by atoms with van der Waals surface area (Å²) in [7, 11) is 0. The molecule has 0 aromatic carbocycles. The topological polar surface area (TPSA) is 187 Å². The molecule has 0 fully saturated rings. The van der Waals surface area contributed by atoms with Gasteiger partial charge in [-0.05, 0) is 0 Å². The largest absolute Gasteiger partial charge is 0.351 e. The number of rotatable bonds is 6. The van der Waals surface area contributed by atoms with Crippen LogP contribution in [-0.4, -0.2) is 24.0 Å². The number of carbonyl (C=O) groups excluding carboxylic acids is 4. The number of carbonyl (C=O) groups is 4. The molecular weight excluding hydrogens is 252 g/mol. The van der Waals surface area contributed by atoms with Gasteiger partial charge in [-0.3, -0.25) is 0 Å². The summed E-state index contributed by atoms with van der Waals surface area (Å²) in [6.45, 7) is 0. The Morgan fingerprint density at radius 2 is 1.11 bits per heavy atom. The van der Waals surface area contributed by atoms with Crippen LogP contribution in [0.15, 0.2) is 12.2 Å². The number of hydrogen-bond acceptors (Lipinski definition) is 8. The second-order valence-electron chi connectivity index (χ2n) is 2.36. The number of hydrazine groups is 2. The van der Waals surface area contributed by atoms with Gasteiger partial charge in [-0.25, -0.2) is 30.0 Å². The van der Waals surface area contributed by atoms with Crippen LogP contribution in [0.2, 0.25) is 0 Å². The summed E-state index contributed by atoms with van der Waals surface area (Å²) in [6, 6.07) is -1.96. The highest BCUT2D eigenvalue weighted by molar-refractivity contribution is 5.91. The lowest BCUT2D eigenvalue weighted by atomic mass is 10.5. The molecule has 8 N–H and O–H groups in total. The second-order valence-corrected chi connectivity index (χ2v) is 2.36. The highest BCUT2D eigenvalue weighted by Gasteiger charge is 2.01. The maximum Gasteiger partial charge on any atom is 0.351 e. The van der Waals surface area contributed by atoms with Crippen molar-refractivity contribution >= 4 is 24.0 Å². The number of amides is 4. The standard InChI is InChI=1S/C6H10N6O6/c7-5(15)9-11-17-3(13)1-2-4(14)18-12-10-6(8)16/h1-2,11-12H,(H3,7,9,15)(H3,8,10,16)/b2-1-. The van der Waals surface area contributed by atoms with E-state index in [1.165, 1.54) is 0 Å². The lowest BCUT2D eigenvalue weighted by Gasteiger charge is -2.02. The molecule has 18 heavy (non-hydrogen) atoms. The Hall–Kier alpha value is -2.86. The summed E-state index contributed by atoms with van der Waals surface area (Å²) >= 11 is 0. The fraction of sp³-hybridized carbons (Fsp3) is 0. The normalized spacial score (nSPS) is 9.56. The molecule has 0 unspecified atom stereocenters. The van der Waals surface area contributed by atoms with Gasteiger partial charge in [0, 0.05) is 12.2 Å². The molecule has 0 heterocycles. The van der Waals surface area contributed by atoms with E-state index in [1.807, 2.05) is 0 Å². The first-order valence-electron chi connectivity index (χ1n) is 4.12. The third-order valence-electron chi connectivity index (χ3n) is 1.01. The van der Waals surface area contributed by atoms with Crippen molar-refractivity contribution in [2.45, 2.75) is 0 Å². The molecule has 12 heteroatoms. The molecule has 0 aliphatic rings. The van der Waals surface area contributed by atoms with Gasteiger partial charge in [-0.15, -0.1) is 0 Å². The zero-order valence-corrected chi connectivity index (χ0v) is 8.76. The SMILES string of the molecule is NC(=O)NNOC(=O)/C=C\C(=O)ONNC(N)=O. The highest BCUT2D eigenvalue weighted by atomic mass is 16.7. The van der Waals surface area contributed by atoms with Crippen molar-refractivity contribution in [1.29, 1.82) is 0 Å². The van der Waals surface area contributed by atoms with Gasteiger partial charge in [0.05, 0.1) is 0 Å². The molecule has 0 saturated heterocycles. The maximum absolute atomic E-state index is 10.8. The Bertz CT molecular complexity index is 334. The van der Waals surface area contributed by atoms with Crippen LogP contribution in [0, 0.1) is 0 Å². The van der Waals surface area contributed by atoms with Gasteiger partial charge in [0.1, 0.15) is 0 Å². The molecule has 12 nitrogen and oxygen atoms in total. The minimum Gasteiger partial charge on any atom is -0.350 e. The van der Waals surface area contributed by atoms with Crippen LogP contribution in [0.1, 0.15) is 0 Å². The van der Waals surface area contributed by atoms with Crippen molar-refractivity contribution in [3.05, 3.63) is 12.2 Å². The van der Waals surface area contributed by atoms with Gasteiger partial charge in [0.25, 0.3) is 0 Å². The summed E-state index contributed by atoms with van der Waals surface area (Å²) < 4.78 is 0. The third kappa shape index (κ3) is 9.69. The molecule has 0 atom stereocenters. The van der Waals surface area contributed by atoms with Crippen molar-refractivity contribution in [2.24, 2.45) is 11.5 Å². The lowest BCUT2D eigenvalue weighted by Crippen LogP contribution is -2.42. The zero-order valence-electron chi connectivity index (χ0n) is 8.76. The molecule has 0 aromatic heterocycles. The predicted octanol–water partition coefficient (Wildman–Crippen LogP) is -3.20. The Morgan fingerprint density at radius 3 is 1.39 bits per heavy atom. The lowest BCUT2D eigenvalue weighted by molar-refractivity contribution is -0.149. The van der Waals surface area contributed by atoms with Crippen LogP contribution in [0.4, 0.5) is 9.59 Å². The number of primary amides is 2. The van der Waals surface area contributed by atoms with Gasteiger partial charge in [-0.1, -0.05) is 11.2 Å². The molecule has 100 valence electrons. The summed E-state index contributed by atoms with van der Waals surface area (Å²) in [5, 5.41) is 0. The van der Waals surface area contributed by atoms with Gasteiger partial charge < -0.3 is 21.1 Å². The minimum atomic E-state index is -1.02. The summed E-state index contributed by atoms with van der Waals surface area (Å²) in [4.78, 5) is 50.2. The maximum atomic E-state index is 10.8. The van der Waals surface area contributed by atoms with E-state index < -0.39 is 24.0 Å². The van der Waals surface area contributed by atoms with E-state index in [2.05, 4.69) is 21.1 Å². The molecule has 0 saturated carbocycles. The molecule has 0 aliphatic heterocycles. The Kier molecular flexibility index (Phi) is 6.99. The number of nitrogens with one attached hydrogen (secondary N) is 4. The van der Waals surface area contributed by atoms with Crippen LogP contribution in [0.3, 0.4) is 0 Å². The van der Waals surface area contributed by atoms with Crippen molar-refractivity contribution in [3.63, 3.8) is 0 Å². The first-order valence-corrected chi connectivity index (χ1v) is 4.12. The fourth-order valence-electron chi connectivity index (χ4n) is 0.456. The zero-order chi connectivity index (χ0) is 14.0. The van der Waals surface area contributed by atoms with Crippen LogP contribution >= 0.6 is 0 Å². The Labute approximate surface area is 99.5 Å². The molecule has 0 aliphatic carbocycles. The first-order chi connectivity index (χ1) is 8.41. The summed E-state index contributed by atoms with van der Waals surface area (Å²) in [5.41, 5.74) is 16.1. The van der Waals surface area contributed by atoms with Gasteiger partial charge in [-0.2, -0.15) is 0 Å². The quantitative estimate of drug-likeness (QED) is 0.213. The average molecular weight is 262 g/mol. The van der Waals surface area contributed by atoms with Crippen LogP contribution in [0.5, 0.6) is 0 Å². The Balaban J connectivity index is 3.77. The van der Waals surface area contributed by atoms with Crippen LogP contribution in [0.25, 0.3) is 0 Å². The van der Waals surface area contributed by atoms with Gasteiger partial charge >= 0.3 is 24.0 Å². The van der Waals surface area contributed by atoms with Crippen molar-refractivity contribution < 1.29 is 28.9 Å². The van der Waals surface area contributed by atoms with Crippen molar-refractivity contribution in [2.75, 3.05) is 0 Å². The van der Waals surface area contributed by atoms with Gasteiger partial charge in [0.2, 0.25) is 0 Å². The number of urea groups is 2. The molecule has 0 aromatic rings. The molecule has 0 rings (SSSR count). The van der Waals surface area contributed by atoms with E-state index in [0.29, 0.717) is 12.2 Å². The fourth-order valence-corrected chi connectivity index (χ4v) is 0.456. The second kappa shape index (κ2) is 8.31. The summed E-state index contributed by atoms with van der Waals surface area (Å²) in [5.74, 6) is -2.05. The monoisotopic (exact) mass is 262 g/mol. The molecular formula is C6H10N6O6. The third-order valence-corrected chi connectivity index (χ3v) is 1.01. The van der Waals surface area contributed by atoms with Crippen molar-refractivity contribution in [3.8, 4) is 0 Å². The Morgan fingerprint density at radius 1 is 0.778 bits per heavy atom. The molecule has 0 spiro atoms. The summed E-state index contributed by atoms with van der Waals surface area (Å²) in [6.07, 6.45) is 1.34. The molecule has 4 amide bonds. The average Bonchev–Trinajstić information content (AvgIpc) is 2.25. The van der Waals surface area contributed by atoms with Crippen LogP contribution < -0.4 is 33.5 Å². The van der Waals surface area contributed by atoms with Crippen LogP contribution in [-0.2, 0) is 19.3 Å². The molecule has 0 bridgehead atoms. The smallest absolute Gasteiger partial charge is 0.350 e. The minimum absolute atomic E-state index is 0.671. The van der Waals surface area contributed by atoms with E-state index in [0.717, 1.165) is 0 Å². The van der Waals surface area contributed by atoms with E-state index in [9.17, 15) is 19.2 Å². The van der Waals surface area contributed by atoms with E-state index in [1.54, 1.807) is 22.0 Å².